The molecule has 5 nitrogen and oxygen atoms in total. The van der Waals surface area contributed by atoms with E-state index in [1.54, 1.807) is 6.07 Å². The molecule has 1 fully saturated rings. The van der Waals surface area contributed by atoms with Gasteiger partial charge in [-0.1, -0.05) is 0 Å². The highest BCUT2D eigenvalue weighted by Gasteiger charge is 2.38. The Morgan fingerprint density at radius 3 is 2.60 bits per heavy atom. The van der Waals surface area contributed by atoms with Gasteiger partial charge in [-0.3, -0.25) is 0 Å². The van der Waals surface area contributed by atoms with Gasteiger partial charge < -0.3 is 4.90 Å². The third-order valence-corrected chi connectivity index (χ3v) is 3.78. The maximum atomic E-state index is 12.8. The minimum Gasteiger partial charge on any atom is -0.355 e. The summed E-state index contributed by atoms with van der Waals surface area (Å²) in [5.41, 5.74) is 0.0913. The first-order valence-corrected chi connectivity index (χ1v) is 6.40. The van der Waals surface area contributed by atoms with Gasteiger partial charge in [0.25, 0.3) is 5.82 Å². The first-order chi connectivity index (χ1) is 9.38. The number of anilines is 1. The second kappa shape index (κ2) is 4.32. The van der Waals surface area contributed by atoms with E-state index < -0.39 is 12.0 Å². The summed E-state index contributed by atoms with van der Waals surface area (Å²) in [7, 11) is 1.84. The Labute approximate surface area is 113 Å². The highest BCUT2D eigenvalue weighted by Crippen LogP contribution is 2.36. The lowest BCUT2D eigenvalue weighted by molar-refractivity contribution is -0.146. The lowest BCUT2D eigenvalue weighted by atomic mass is 10.2. The van der Waals surface area contributed by atoms with Crippen LogP contribution in [0, 0.1) is 5.92 Å². The molecule has 3 rings (SSSR count). The van der Waals surface area contributed by atoms with Crippen LogP contribution in [0.15, 0.2) is 12.1 Å². The molecule has 1 saturated carbocycles. The lowest BCUT2D eigenvalue weighted by Crippen LogP contribution is -2.31. The maximum absolute atomic E-state index is 12.8. The number of nitrogens with zero attached hydrogens (tertiary/aromatic N) is 5. The van der Waals surface area contributed by atoms with Crippen molar-refractivity contribution in [3.05, 3.63) is 18.0 Å². The van der Waals surface area contributed by atoms with Crippen molar-refractivity contribution in [3.63, 3.8) is 0 Å². The van der Waals surface area contributed by atoms with Crippen LogP contribution >= 0.6 is 0 Å². The number of aromatic nitrogens is 4. The fourth-order valence-electron chi connectivity index (χ4n) is 2.25. The van der Waals surface area contributed by atoms with Crippen LogP contribution in [0.2, 0.25) is 0 Å². The largest absolute Gasteiger partial charge is 0.453 e. The molecule has 1 atom stereocenters. The molecule has 0 unspecified atom stereocenters. The van der Waals surface area contributed by atoms with E-state index in [2.05, 4.69) is 22.2 Å². The molecular weight excluding hydrogens is 271 g/mol. The van der Waals surface area contributed by atoms with Gasteiger partial charge in [0.05, 0.1) is 0 Å². The van der Waals surface area contributed by atoms with E-state index in [0.717, 1.165) is 17.4 Å². The molecule has 20 heavy (non-hydrogen) atoms. The maximum Gasteiger partial charge on any atom is 0.453 e. The molecular formula is C12H14F3N5. The number of hydrogen-bond donors (Lipinski definition) is 0. The SMILES string of the molecule is C[C@@H](C1CC1)N(C)c1ccc2nnc(C(F)(F)F)n2n1. The van der Waals surface area contributed by atoms with Crippen molar-refractivity contribution in [2.45, 2.75) is 32.0 Å². The van der Waals surface area contributed by atoms with Gasteiger partial charge in [0.15, 0.2) is 5.65 Å². The Kier molecular flexibility index (Phi) is 2.84. The topological polar surface area (TPSA) is 46.3 Å². The van der Waals surface area contributed by atoms with Gasteiger partial charge in [0.2, 0.25) is 0 Å². The molecule has 1 aliphatic rings. The van der Waals surface area contributed by atoms with Crippen LogP contribution in [0.4, 0.5) is 19.0 Å². The number of alkyl halides is 3. The van der Waals surface area contributed by atoms with E-state index in [1.165, 1.54) is 6.07 Å². The molecule has 8 heteroatoms. The van der Waals surface area contributed by atoms with E-state index >= 15 is 0 Å². The van der Waals surface area contributed by atoms with Crippen LogP contribution in [0.1, 0.15) is 25.6 Å². The van der Waals surface area contributed by atoms with E-state index in [0.29, 0.717) is 11.7 Å². The van der Waals surface area contributed by atoms with Crippen LogP contribution in [0.25, 0.3) is 5.65 Å². The molecule has 0 amide bonds. The van der Waals surface area contributed by atoms with Crippen molar-refractivity contribution in [1.29, 1.82) is 0 Å². The fourth-order valence-corrected chi connectivity index (χ4v) is 2.25. The Morgan fingerprint density at radius 1 is 1.30 bits per heavy atom. The van der Waals surface area contributed by atoms with Crippen molar-refractivity contribution < 1.29 is 13.2 Å². The highest BCUT2D eigenvalue weighted by molar-refractivity contribution is 5.46. The molecule has 0 N–H and O–H groups in total. The van der Waals surface area contributed by atoms with Gasteiger partial charge in [-0.25, -0.2) is 0 Å². The first-order valence-electron chi connectivity index (χ1n) is 6.40. The molecule has 0 aliphatic heterocycles. The molecule has 2 aromatic rings. The molecule has 108 valence electrons. The summed E-state index contributed by atoms with van der Waals surface area (Å²) in [6, 6.07) is 3.43. The van der Waals surface area contributed by atoms with Gasteiger partial charge in [-0.15, -0.1) is 15.3 Å². The normalized spacial score (nSPS) is 17.4. The van der Waals surface area contributed by atoms with Crippen molar-refractivity contribution in [3.8, 4) is 0 Å². The van der Waals surface area contributed by atoms with Crippen molar-refractivity contribution in [2.24, 2.45) is 5.92 Å². The number of hydrogen-bond acceptors (Lipinski definition) is 4. The first kappa shape index (κ1) is 13.1. The van der Waals surface area contributed by atoms with Crippen molar-refractivity contribution in [2.75, 3.05) is 11.9 Å². The lowest BCUT2D eigenvalue weighted by Gasteiger charge is -2.25. The second-order valence-corrected chi connectivity index (χ2v) is 5.17. The van der Waals surface area contributed by atoms with Gasteiger partial charge in [0, 0.05) is 13.1 Å². The summed E-state index contributed by atoms with van der Waals surface area (Å²) < 4.78 is 39.2. The Balaban J connectivity index is 2.00. The molecule has 2 aromatic heterocycles. The average Bonchev–Trinajstić information content (AvgIpc) is 3.14. The zero-order valence-corrected chi connectivity index (χ0v) is 11.1. The molecule has 0 saturated heterocycles. The number of rotatable bonds is 3. The van der Waals surface area contributed by atoms with Gasteiger partial charge in [-0.05, 0) is 37.8 Å². The van der Waals surface area contributed by atoms with Crippen LogP contribution < -0.4 is 4.90 Å². The van der Waals surface area contributed by atoms with Crippen molar-refractivity contribution in [1.82, 2.24) is 19.8 Å². The molecule has 2 heterocycles. The van der Waals surface area contributed by atoms with Crippen LogP contribution in [-0.2, 0) is 6.18 Å². The fraction of sp³-hybridized carbons (Fsp3) is 0.583. The van der Waals surface area contributed by atoms with Crippen molar-refractivity contribution >= 4 is 11.5 Å². The molecule has 0 aromatic carbocycles. The predicted molar refractivity (Wildman–Crippen MR) is 66.4 cm³/mol. The van der Waals surface area contributed by atoms with E-state index in [4.69, 9.17) is 0 Å². The summed E-state index contributed by atoms with van der Waals surface area (Å²) in [5, 5.41) is 10.7. The highest BCUT2D eigenvalue weighted by atomic mass is 19.4. The number of halogens is 3. The van der Waals surface area contributed by atoms with Gasteiger partial charge >= 0.3 is 6.18 Å². The van der Waals surface area contributed by atoms with E-state index in [9.17, 15) is 13.2 Å². The van der Waals surface area contributed by atoms with Crippen LogP contribution in [-0.4, -0.2) is 32.9 Å². The van der Waals surface area contributed by atoms with Crippen LogP contribution in [0.3, 0.4) is 0 Å². The van der Waals surface area contributed by atoms with Gasteiger partial charge in [-0.2, -0.15) is 17.7 Å². The van der Waals surface area contributed by atoms with E-state index in [-0.39, 0.29) is 11.7 Å². The smallest absolute Gasteiger partial charge is 0.355 e. The summed E-state index contributed by atoms with van der Waals surface area (Å²) >= 11 is 0. The van der Waals surface area contributed by atoms with Crippen LogP contribution in [0.5, 0.6) is 0 Å². The minimum atomic E-state index is -4.56. The second-order valence-electron chi connectivity index (χ2n) is 5.17. The molecule has 1 aliphatic carbocycles. The Bertz CT molecular complexity index is 632. The quantitative estimate of drug-likeness (QED) is 0.868. The molecule has 0 radical (unpaired) electrons. The zero-order valence-electron chi connectivity index (χ0n) is 11.1. The predicted octanol–water partition coefficient (Wildman–Crippen LogP) is 2.38. The third kappa shape index (κ3) is 2.19. The summed E-state index contributed by atoms with van der Waals surface area (Å²) in [4.78, 5) is 1.90. The Hall–Kier alpha value is -1.86. The summed E-state index contributed by atoms with van der Waals surface area (Å²) in [6.45, 7) is 2.06. The molecule has 0 spiro atoms. The third-order valence-electron chi connectivity index (χ3n) is 3.78. The Morgan fingerprint density at radius 2 is 2.00 bits per heavy atom. The minimum absolute atomic E-state index is 0.0913. The summed E-state index contributed by atoms with van der Waals surface area (Å²) in [5.74, 6) is -0.00970. The van der Waals surface area contributed by atoms with E-state index in [1.807, 2.05) is 11.9 Å². The monoisotopic (exact) mass is 285 g/mol. The standard InChI is InChI=1S/C12H14F3N5/c1-7(8-3-4-8)19(2)10-6-5-9-16-17-11(12(13,14)15)20(9)18-10/h5-8H,3-4H2,1-2H3/t7-/m0/s1. The average molecular weight is 285 g/mol. The summed E-state index contributed by atoms with van der Waals surface area (Å²) in [6.07, 6.45) is -2.24. The molecule has 0 bridgehead atoms. The number of fused-ring (bicyclic) bond motifs is 1. The zero-order chi connectivity index (χ0) is 14.5. The van der Waals surface area contributed by atoms with Gasteiger partial charge in [0.1, 0.15) is 5.82 Å².